The molecule has 107 valence electrons. The van der Waals surface area contributed by atoms with E-state index in [0.717, 1.165) is 12.2 Å². The van der Waals surface area contributed by atoms with Gasteiger partial charge in [0, 0.05) is 28.4 Å². The predicted molar refractivity (Wildman–Crippen MR) is 81.9 cm³/mol. The number of carbonyl (C=O) groups is 1. The summed E-state index contributed by atoms with van der Waals surface area (Å²) in [6, 6.07) is 9.62. The van der Waals surface area contributed by atoms with Gasteiger partial charge in [-0.3, -0.25) is 4.79 Å². The van der Waals surface area contributed by atoms with Gasteiger partial charge in [-0.2, -0.15) is 0 Å². The summed E-state index contributed by atoms with van der Waals surface area (Å²) >= 11 is 0. The lowest BCUT2D eigenvalue weighted by atomic mass is 10.1. The number of ether oxygens (including phenoxy) is 2. The number of carbonyl (C=O) groups excluding carboxylic acids is 1. The van der Waals surface area contributed by atoms with E-state index in [0.29, 0.717) is 13.0 Å². The number of Topliss-reactive ketones (excluding diaryl/α,β-unsaturated/α-hetero) is 1. The lowest BCUT2D eigenvalue weighted by Gasteiger charge is -2.14. The molecule has 0 aliphatic carbocycles. The Hall–Kier alpha value is -1.29. The summed E-state index contributed by atoms with van der Waals surface area (Å²) in [5.74, 6) is 0.992. The topological polar surface area (TPSA) is 35.5 Å². The highest BCUT2D eigenvalue weighted by atomic mass is 16.5. The van der Waals surface area contributed by atoms with Gasteiger partial charge in [-0.15, -0.1) is 0 Å². The minimum absolute atomic E-state index is 0. The minimum Gasteiger partial charge on any atom is -0.493 e. The molecule has 0 aromatic heterocycles. The quantitative estimate of drug-likeness (QED) is 0.709. The number of benzene rings is 1. The zero-order valence-electron chi connectivity index (χ0n) is 10.4. The Morgan fingerprint density at radius 3 is 2.26 bits per heavy atom. The lowest BCUT2D eigenvalue weighted by Crippen LogP contribution is -2.17. The summed E-state index contributed by atoms with van der Waals surface area (Å²) in [5, 5.41) is 0. The largest absolute Gasteiger partial charge is 0.493 e. The summed E-state index contributed by atoms with van der Waals surface area (Å²) in [7, 11) is 1.62. The number of hydrogen-bond donors (Lipinski definition) is 0. The van der Waals surface area contributed by atoms with Crippen molar-refractivity contribution in [3.63, 3.8) is 0 Å². The SMILES string of the molecule is C.C.COC(CCOc1ccccc1)CC(C)=O.[B]. The van der Waals surface area contributed by atoms with E-state index in [-0.39, 0.29) is 35.2 Å². The van der Waals surface area contributed by atoms with Crippen molar-refractivity contribution in [3.8, 4) is 5.75 Å². The van der Waals surface area contributed by atoms with Crippen LogP contribution in [0.15, 0.2) is 30.3 Å². The fourth-order valence-electron chi connectivity index (χ4n) is 1.45. The second kappa shape index (κ2) is 13.2. The van der Waals surface area contributed by atoms with Gasteiger partial charge in [-0.1, -0.05) is 33.1 Å². The average Bonchev–Trinajstić information content (AvgIpc) is 2.28. The van der Waals surface area contributed by atoms with E-state index in [4.69, 9.17) is 9.47 Å². The molecule has 1 aromatic rings. The first-order valence-corrected chi connectivity index (χ1v) is 5.42. The van der Waals surface area contributed by atoms with Crippen LogP contribution in [-0.4, -0.2) is 34.0 Å². The second-order valence-electron chi connectivity index (χ2n) is 3.71. The van der Waals surface area contributed by atoms with Gasteiger partial charge < -0.3 is 9.47 Å². The molecule has 0 bridgehead atoms. The molecule has 3 nitrogen and oxygen atoms in total. The summed E-state index contributed by atoms with van der Waals surface area (Å²) in [6.07, 6.45) is 1.14. The van der Waals surface area contributed by atoms with Crippen LogP contribution >= 0.6 is 0 Å². The molecule has 0 fully saturated rings. The van der Waals surface area contributed by atoms with E-state index in [1.807, 2.05) is 30.3 Å². The fourth-order valence-corrected chi connectivity index (χ4v) is 1.45. The monoisotopic (exact) mass is 265 g/mol. The van der Waals surface area contributed by atoms with Crippen molar-refractivity contribution in [2.75, 3.05) is 13.7 Å². The molecule has 0 aliphatic heterocycles. The maximum absolute atomic E-state index is 10.9. The van der Waals surface area contributed by atoms with E-state index in [1.54, 1.807) is 14.0 Å². The predicted octanol–water partition coefficient (Wildman–Crippen LogP) is 3.34. The standard InChI is InChI=1S/C13H18O3.2CH4.B/c1-11(14)10-13(15-2)8-9-16-12-6-4-3-5-7-12;;;/h3-7,13H,8-10H2,1-2H3;2*1H4;. The van der Waals surface area contributed by atoms with Crippen molar-refractivity contribution in [2.45, 2.75) is 40.7 Å². The molecule has 0 saturated heterocycles. The Labute approximate surface area is 119 Å². The van der Waals surface area contributed by atoms with Crippen LogP contribution in [0.2, 0.25) is 0 Å². The van der Waals surface area contributed by atoms with Crippen LogP contribution in [0.3, 0.4) is 0 Å². The molecular weight excluding hydrogens is 239 g/mol. The first-order chi connectivity index (χ1) is 7.72. The van der Waals surface area contributed by atoms with E-state index in [9.17, 15) is 4.79 Å². The molecular formula is C15H26BO3. The van der Waals surface area contributed by atoms with Crippen LogP contribution in [-0.2, 0) is 9.53 Å². The normalized spacial score (nSPS) is 10.2. The molecule has 1 unspecified atom stereocenters. The number of ketones is 1. The second-order valence-corrected chi connectivity index (χ2v) is 3.71. The third kappa shape index (κ3) is 10.3. The third-order valence-corrected chi connectivity index (χ3v) is 2.30. The molecule has 1 aromatic carbocycles. The molecule has 0 aliphatic rings. The number of methoxy groups -OCH3 is 1. The summed E-state index contributed by atoms with van der Waals surface area (Å²) in [5.41, 5.74) is 0. The van der Waals surface area contributed by atoms with Crippen LogP contribution in [0.25, 0.3) is 0 Å². The van der Waals surface area contributed by atoms with Crippen LogP contribution in [0.5, 0.6) is 5.75 Å². The van der Waals surface area contributed by atoms with E-state index >= 15 is 0 Å². The Morgan fingerprint density at radius 1 is 1.21 bits per heavy atom. The molecule has 4 heteroatoms. The van der Waals surface area contributed by atoms with Crippen molar-refractivity contribution < 1.29 is 14.3 Å². The molecule has 0 N–H and O–H groups in total. The molecule has 19 heavy (non-hydrogen) atoms. The highest BCUT2D eigenvalue weighted by Gasteiger charge is 2.10. The van der Waals surface area contributed by atoms with Gasteiger partial charge in [0.2, 0.25) is 0 Å². The Kier molecular flexibility index (Phi) is 15.8. The average molecular weight is 265 g/mol. The van der Waals surface area contributed by atoms with Gasteiger partial charge in [0.1, 0.15) is 11.5 Å². The van der Waals surface area contributed by atoms with E-state index in [2.05, 4.69) is 0 Å². The first kappa shape index (κ1) is 22.9. The van der Waals surface area contributed by atoms with Crippen LogP contribution < -0.4 is 4.74 Å². The molecule has 1 rings (SSSR count). The van der Waals surface area contributed by atoms with Gasteiger partial charge in [0.25, 0.3) is 0 Å². The van der Waals surface area contributed by atoms with Gasteiger partial charge in [-0.05, 0) is 19.1 Å². The number of rotatable bonds is 7. The van der Waals surface area contributed by atoms with Crippen LogP contribution in [0, 0.1) is 0 Å². The minimum atomic E-state index is -0.0405. The summed E-state index contributed by atoms with van der Waals surface area (Å²) in [4.78, 5) is 10.9. The van der Waals surface area contributed by atoms with Gasteiger partial charge in [-0.25, -0.2) is 0 Å². The van der Waals surface area contributed by atoms with Gasteiger partial charge in [0.15, 0.2) is 0 Å². The van der Waals surface area contributed by atoms with Crippen LogP contribution in [0.1, 0.15) is 34.6 Å². The maximum Gasteiger partial charge on any atom is 0.132 e. The van der Waals surface area contributed by atoms with E-state index < -0.39 is 0 Å². The van der Waals surface area contributed by atoms with Crippen molar-refractivity contribution in [3.05, 3.63) is 30.3 Å². The summed E-state index contributed by atoms with van der Waals surface area (Å²) < 4.78 is 10.7. The van der Waals surface area contributed by atoms with Crippen molar-refractivity contribution in [1.29, 1.82) is 0 Å². The van der Waals surface area contributed by atoms with Crippen LogP contribution in [0.4, 0.5) is 0 Å². The smallest absolute Gasteiger partial charge is 0.132 e. The zero-order chi connectivity index (χ0) is 11.8. The van der Waals surface area contributed by atoms with Crippen molar-refractivity contribution in [2.24, 2.45) is 0 Å². The van der Waals surface area contributed by atoms with Gasteiger partial charge >= 0.3 is 0 Å². The Balaban J connectivity index is -0.000000853. The highest BCUT2D eigenvalue weighted by molar-refractivity contribution is 5.76. The molecule has 0 amide bonds. The van der Waals surface area contributed by atoms with E-state index in [1.165, 1.54) is 0 Å². The third-order valence-electron chi connectivity index (χ3n) is 2.30. The number of hydrogen-bond acceptors (Lipinski definition) is 3. The summed E-state index contributed by atoms with van der Waals surface area (Å²) in [6.45, 7) is 2.14. The molecule has 3 radical (unpaired) electrons. The first-order valence-electron chi connectivity index (χ1n) is 5.42. The lowest BCUT2D eigenvalue weighted by molar-refractivity contribution is -0.119. The van der Waals surface area contributed by atoms with Crippen molar-refractivity contribution in [1.82, 2.24) is 0 Å². The fraction of sp³-hybridized carbons (Fsp3) is 0.533. The molecule has 0 spiro atoms. The molecule has 1 atom stereocenters. The maximum atomic E-state index is 10.9. The highest BCUT2D eigenvalue weighted by Crippen LogP contribution is 2.10. The Morgan fingerprint density at radius 2 is 1.79 bits per heavy atom. The molecule has 0 saturated carbocycles. The van der Waals surface area contributed by atoms with Gasteiger partial charge in [0.05, 0.1) is 12.7 Å². The molecule has 0 heterocycles. The van der Waals surface area contributed by atoms with Crippen molar-refractivity contribution >= 4 is 14.2 Å². The Bertz CT molecular complexity index is 314. The zero-order valence-corrected chi connectivity index (χ0v) is 10.4. The number of para-hydroxylation sites is 1.